The molecule has 0 aliphatic heterocycles. The molecule has 0 saturated carbocycles. The normalized spacial score (nSPS) is 10.5. The second-order valence-electron chi connectivity index (χ2n) is 2.84. The minimum absolute atomic E-state index is 0.00769. The molecule has 2 aromatic rings. The average molecular weight is 225 g/mol. The summed E-state index contributed by atoms with van der Waals surface area (Å²) < 4.78 is 0. The highest BCUT2D eigenvalue weighted by Gasteiger charge is 2.11. The number of halogens is 1. The summed E-state index contributed by atoms with van der Waals surface area (Å²) in [5.41, 5.74) is 0.380. The van der Waals surface area contributed by atoms with Crippen LogP contribution in [0.1, 0.15) is 10.6 Å². The fourth-order valence-corrected chi connectivity index (χ4v) is 1.41. The molecule has 2 rings (SSSR count). The van der Waals surface area contributed by atoms with Crippen molar-refractivity contribution >= 4 is 28.5 Å². The molecule has 1 aromatic carbocycles. The van der Waals surface area contributed by atoms with Crippen LogP contribution in [0, 0.1) is 0 Å². The number of carboxylic acid groups (broad SMARTS) is 1. The second-order valence-corrected chi connectivity index (χ2v) is 3.20. The number of hydrogen-bond donors (Lipinski definition) is 2. The predicted octanol–water partition coefficient (Wildman–Crippen LogP) is 1.69. The van der Waals surface area contributed by atoms with E-state index >= 15 is 0 Å². The molecular formula is C9H5ClN2O3. The Bertz CT molecular complexity index is 556. The van der Waals surface area contributed by atoms with Crippen molar-refractivity contribution in [2.45, 2.75) is 0 Å². The van der Waals surface area contributed by atoms with Crippen LogP contribution in [0.4, 0.5) is 0 Å². The summed E-state index contributed by atoms with van der Waals surface area (Å²) in [6.45, 7) is 0. The molecule has 0 amide bonds. The van der Waals surface area contributed by atoms with Gasteiger partial charge in [0.2, 0.25) is 5.82 Å². The van der Waals surface area contributed by atoms with Crippen molar-refractivity contribution in [3.8, 4) is 5.75 Å². The van der Waals surface area contributed by atoms with E-state index in [1.807, 2.05) is 0 Å². The lowest BCUT2D eigenvalue weighted by Gasteiger charge is -2.01. The molecule has 5 nitrogen and oxygen atoms in total. The zero-order valence-electron chi connectivity index (χ0n) is 7.31. The Morgan fingerprint density at radius 2 is 2.07 bits per heavy atom. The van der Waals surface area contributed by atoms with Gasteiger partial charge in [-0.15, -0.1) is 0 Å². The molecule has 0 fully saturated rings. The van der Waals surface area contributed by atoms with Crippen LogP contribution in [0.15, 0.2) is 18.2 Å². The molecule has 0 unspecified atom stereocenters. The molecule has 2 N–H and O–H groups in total. The van der Waals surface area contributed by atoms with Gasteiger partial charge in [0, 0.05) is 5.39 Å². The van der Waals surface area contributed by atoms with Crippen molar-refractivity contribution < 1.29 is 15.0 Å². The van der Waals surface area contributed by atoms with Gasteiger partial charge in [-0.2, -0.15) is 0 Å². The van der Waals surface area contributed by atoms with E-state index in [1.165, 1.54) is 18.2 Å². The predicted molar refractivity (Wildman–Crippen MR) is 53.2 cm³/mol. The summed E-state index contributed by atoms with van der Waals surface area (Å²) in [4.78, 5) is 18.0. The van der Waals surface area contributed by atoms with Gasteiger partial charge in [-0.25, -0.2) is 14.8 Å². The standard InChI is InChI=1S/C9H5ClN2O3/c10-7-5-3-4(13)1-2-6(5)11-8(12-7)9(14)15/h1-3,13H,(H,14,15). The van der Waals surface area contributed by atoms with Crippen molar-refractivity contribution in [2.75, 3.05) is 0 Å². The minimum Gasteiger partial charge on any atom is -0.508 e. The quantitative estimate of drug-likeness (QED) is 0.720. The molecule has 0 atom stereocenters. The molecule has 0 spiro atoms. The Hall–Kier alpha value is -1.88. The van der Waals surface area contributed by atoms with Crippen molar-refractivity contribution in [2.24, 2.45) is 0 Å². The molecule has 15 heavy (non-hydrogen) atoms. The van der Waals surface area contributed by atoms with Gasteiger partial charge in [-0.3, -0.25) is 0 Å². The van der Waals surface area contributed by atoms with Crippen LogP contribution in [-0.2, 0) is 0 Å². The van der Waals surface area contributed by atoms with Gasteiger partial charge in [0.1, 0.15) is 10.9 Å². The number of aromatic carboxylic acids is 1. The van der Waals surface area contributed by atoms with Crippen molar-refractivity contribution in [1.82, 2.24) is 9.97 Å². The highest BCUT2D eigenvalue weighted by atomic mass is 35.5. The van der Waals surface area contributed by atoms with Gasteiger partial charge in [-0.05, 0) is 18.2 Å². The third kappa shape index (κ3) is 1.69. The van der Waals surface area contributed by atoms with Gasteiger partial charge in [0.25, 0.3) is 0 Å². The van der Waals surface area contributed by atoms with E-state index in [-0.39, 0.29) is 16.7 Å². The van der Waals surface area contributed by atoms with Gasteiger partial charge in [0.15, 0.2) is 0 Å². The molecule has 76 valence electrons. The number of benzene rings is 1. The van der Waals surface area contributed by atoms with E-state index in [2.05, 4.69) is 9.97 Å². The fraction of sp³-hybridized carbons (Fsp3) is 0. The Morgan fingerprint density at radius 1 is 1.33 bits per heavy atom. The molecule has 0 saturated heterocycles. The number of rotatable bonds is 1. The summed E-state index contributed by atoms with van der Waals surface area (Å²) in [5, 5.41) is 18.3. The van der Waals surface area contributed by atoms with E-state index in [1.54, 1.807) is 0 Å². The fourth-order valence-electron chi connectivity index (χ4n) is 1.17. The van der Waals surface area contributed by atoms with Gasteiger partial charge < -0.3 is 10.2 Å². The maximum absolute atomic E-state index is 10.6. The summed E-state index contributed by atoms with van der Waals surface area (Å²) in [6.07, 6.45) is 0. The largest absolute Gasteiger partial charge is 0.508 e. The summed E-state index contributed by atoms with van der Waals surface area (Å²) in [5.74, 6) is -1.58. The maximum Gasteiger partial charge on any atom is 0.374 e. The molecular weight excluding hydrogens is 220 g/mol. The summed E-state index contributed by atoms with van der Waals surface area (Å²) >= 11 is 5.75. The lowest BCUT2D eigenvalue weighted by molar-refractivity contribution is 0.0684. The molecule has 0 aliphatic rings. The zero-order chi connectivity index (χ0) is 11.0. The number of nitrogens with zero attached hydrogens (tertiary/aromatic N) is 2. The molecule has 6 heteroatoms. The van der Waals surface area contributed by atoms with E-state index in [4.69, 9.17) is 16.7 Å². The Kier molecular flexibility index (Phi) is 2.17. The second kappa shape index (κ2) is 3.36. The highest BCUT2D eigenvalue weighted by Crippen LogP contribution is 2.24. The van der Waals surface area contributed by atoms with Gasteiger partial charge in [-0.1, -0.05) is 11.6 Å². The zero-order valence-corrected chi connectivity index (χ0v) is 8.06. The maximum atomic E-state index is 10.6. The van der Waals surface area contributed by atoms with Gasteiger partial charge in [0.05, 0.1) is 5.52 Å². The van der Waals surface area contributed by atoms with E-state index in [0.717, 1.165) is 0 Å². The highest BCUT2D eigenvalue weighted by molar-refractivity contribution is 6.34. The third-order valence-electron chi connectivity index (χ3n) is 1.82. The number of carbonyl (C=O) groups is 1. The summed E-state index contributed by atoms with van der Waals surface area (Å²) in [6, 6.07) is 4.26. The van der Waals surface area contributed by atoms with E-state index in [0.29, 0.717) is 10.9 Å². The molecule has 1 heterocycles. The van der Waals surface area contributed by atoms with Crippen molar-refractivity contribution in [3.63, 3.8) is 0 Å². The first-order chi connectivity index (χ1) is 7.08. The lowest BCUT2D eigenvalue weighted by Crippen LogP contribution is -2.04. The first kappa shape index (κ1) is 9.67. The third-order valence-corrected chi connectivity index (χ3v) is 2.11. The van der Waals surface area contributed by atoms with Crippen LogP contribution in [0.5, 0.6) is 5.75 Å². The number of carboxylic acids is 1. The first-order valence-electron chi connectivity index (χ1n) is 3.97. The first-order valence-corrected chi connectivity index (χ1v) is 4.35. The monoisotopic (exact) mass is 224 g/mol. The topological polar surface area (TPSA) is 83.3 Å². The van der Waals surface area contributed by atoms with Crippen LogP contribution < -0.4 is 0 Å². The number of phenols is 1. The Labute approximate surface area is 89.0 Å². The van der Waals surface area contributed by atoms with Gasteiger partial charge >= 0.3 is 5.97 Å². The molecule has 0 radical (unpaired) electrons. The van der Waals surface area contributed by atoms with E-state index in [9.17, 15) is 9.90 Å². The smallest absolute Gasteiger partial charge is 0.374 e. The van der Waals surface area contributed by atoms with Crippen LogP contribution in [0.3, 0.4) is 0 Å². The van der Waals surface area contributed by atoms with Crippen molar-refractivity contribution in [1.29, 1.82) is 0 Å². The number of aromatic nitrogens is 2. The lowest BCUT2D eigenvalue weighted by atomic mass is 10.2. The Balaban J connectivity index is 2.78. The van der Waals surface area contributed by atoms with Crippen molar-refractivity contribution in [3.05, 3.63) is 29.2 Å². The van der Waals surface area contributed by atoms with Crippen LogP contribution in [0.2, 0.25) is 5.15 Å². The SMILES string of the molecule is O=C(O)c1nc(Cl)c2cc(O)ccc2n1. The average Bonchev–Trinajstić information content (AvgIpc) is 2.18. The van der Waals surface area contributed by atoms with E-state index < -0.39 is 5.97 Å². The summed E-state index contributed by atoms with van der Waals surface area (Å²) in [7, 11) is 0. The minimum atomic E-state index is -1.24. The number of phenolic OH excluding ortho intramolecular Hbond substituents is 1. The Morgan fingerprint density at radius 3 is 2.73 bits per heavy atom. The number of hydrogen-bond acceptors (Lipinski definition) is 4. The number of aromatic hydroxyl groups is 1. The van der Waals surface area contributed by atoms with Crippen LogP contribution in [0.25, 0.3) is 10.9 Å². The number of fused-ring (bicyclic) bond motifs is 1. The molecule has 1 aromatic heterocycles. The molecule has 0 bridgehead atoms. The van der Waals surface area contributed by atoms with Crippen LogP contribution >= 0.6 is 11.6 Å². The van der Waals surface area contributed by atoms with Crippen LogP contribution in [-0.4, -0.2) is 26.2 Å². The molecule has 0 aliphatic carbocycles.